The van der Waals surface area contributed by atoms with E-state index in [-0.39, 0.29) is 42.8 Å². The minimum absolute atomic E-state index is 0.0160. The van der Waals surface area contributed by atoms with Crippen LogP contribution in [-0.2, 0) is 31.8 Å². The molecule has 1 unspecified atom stereocenters. The van der Waals surface area contributed by atoms with Crippen molar-refractivity contribution in [1.29, 1.82) is 0 Å². The molecule has 1 fully saturated rings. The molecule has 1 heterocycles. The molecule has 1 aliphatic rings. The number of rotatable bonds is 8. The van der Waals surface area contributed by atoms with Crippen LogP contribution in [0, 0.1) is 0 Å². The second-order valence-electron chi connectivity index (χ2n) is 7.35. The summed E-state index contributed by atoms with van der Waals surface area (Å²) in [5.74, 6) is -1.24. The maximum atomic E-state index is 11.8. The largest absolute Gasteiger partial charge is 0.504 e. The van der Waals surface area contributed by atoms with Crippen molar-refractivity contribution in [2.24, 2.45) is 0 Å². The first-order chi connectivity index (χ1) is 14.0. The van der Waals surface area contributed by atoms with Gasteiger partial charge in [0.15, 0.2) is 22.6 Å². The number of hydrogen-bond donors (Lipinski definition) is 5. The molecule has 0 spiro atoms. The van der Waals surface area contributed by atoms with Crippen molar-refractivity contribution < 1.29 is 38.1 Å². The predicted molar refractivity (Wildman–Crippen MR) is 106 cm³/mol. The van der Waals surface area contributed by atoms with Crippen molar-refractivity contribution in [3.05, 3.63) is 23.8 Å². The first kappa shape index (κ1) is 23.4. The Hall–Kier alpha value is -2.86. The van der Waals surface area contributed by atoms with Gasteiger partial charge in [0, 0.05) is 25.4 Å². The number of benzene rings is 1. The van der Waals surface area contributed by atoms with Gasteiger partial charge in [-0.3, -0.25) is 15.0 Å². The van der Waals surface area contributed by atoms with Crippen LogP contribution in [0.3, 0.4) is 0 Å². The number of hydrazine groups is 1. The SMILES string of the molecule is C[C@@H]1CC(=O)N1C[C@](C)(COC(=O)NNC(=O)CCc1ccc(O)c(O)c1)S(=O)O. The highest BCUT2D eigenvalue weighted by Crippen LogP contribution is 2.26. The lowest BCUT2D eigenvalue weighted by Crippen LogP contribution is -2.58. The number of carbonyl (C=O) groups excluding carboxylic acids is 3. The van der Waals surface area contributed by atoms with E-state index in [1.54, 1.807) is 6.07 Å². The number of β-lactam (4-membered cyclic amide) rings is 1. The summed E-state index contributed by atoms with van der Waals surface area (Å²) in [5.41, 5.74) is 4.79. The molecular weight excluding hydrogens is 418 g/mol. The first-order valence-electron chi connectivity index (χ1n) is 9.15. The molecule has 0 radical (unpaired) electrons. The van der Waals surface area contributed by atoms with Crippen LogP contribution in [0.1, 0.15) is 32.3 Å². The molecule has 1 aliphatic heterocycles. The number of hydrogen-bond acceptors (Lipinski definition) is 7. The molecule has 0 bridgehead atoms. The summed E-state index contributed by atoms with van der Waals surface area (Å²) >= 11 is -2.37. The molecule has 3 amide bonds. The summed E-state index contributed by atoms with van der Waals surface area (Å²) in [7, 11) is 0. The average molecular weight is 443 g/mol. The lowest BCUT2D eigenvalue weighted by molar-refractivity contribution is -0.145. The number of carbonyl (C=O) groups is 3. The van der Waals surface area contributed by atoms with Crippen molar-refractivity contribution in [3.8, 4) is 11.5 Å². The highest BCUT2D eigenvalue weighted by Gasteiger charge is 2.42. The van der Waals surface area contributed by atoms with E-state index >= 15 is 0 Å². The molecule has 5 N–H and O–H groups in total. The highest BCUT2D eigenvalue weighted by atomic mass is 32.2. The van der Waals surface area contributed by atoms with Crippen LogP contribution in [0.2, 0.25) is 0 Å². The van der Waals surface area contributed by atoms with Crippen LogP contribution in [0.25, 0.3) is 0 Å². The van der Waals surface area contributed by atoms with E-state index < -0.39 is 34.4 Å². The van der Waals surface area contributed by atoms with E-state index in [4.69, 9.17) is 4.74 Å². The van der Waals surface area contributed by atoms with Gasteiger partial charge in [-0.1, -0.05) is 6.07 Å². The number of phenolic OH excluding ortho intramolecular Hbond substituents is 2. The fourth-order valence-corrected chi connectivity index (χ4v) is 3.20. The van der Waals surface area contributed by atoms with Gasteiger partial charge in [0.2, 0.25) is 11.8 Å². The first-order valence-corrected chi connectivity index (χ1v) is 10.3. The van der Waals surface area contributed by atoms with Crippen molar-refractivity contribution in [1.82, 2.24) is 15.8 Å². The lowest BCUT2D eigenvalue weighted by Gasteiger charge is -2.42. The Kier molecular flexibility index (Phi) is 7.62. The van der Waals surface area contributed by atoms with E-state index in [0.29, 0.717) is 12.0 Å². The Morgan fingerprint density at radius 2 is 2.00 bits per heavy atom. The number of nitrogens with zero attached hydrogens (tertiary/aromatic N) is 1. The third-order valence-corrected chi connectivity index (χ3v) is 5.83. The molecule has 12 heteroatoms. The molecule has 1 aromatic carbocycles. The molecule has 30 heavy (non-hydrogen) atoms. The average Bonchev–Trinajstić information content (AvgIpc) is 2.69. The summed E-state index contributed by atoms with van der Waals surface area (Å²) in [6.45, 7) is 2.74. The highest BCUT2D eigenvalue weighted by molar-refractivity contribution is 7.80. The van der Waals surface area contributed by atoms with Gasteiger partial charge in [-0.15, -0.1) is 0 Å². The summed E-state index contributed by atoms with van der Waals surface area (Å²) in [6.07, 6.45) is -0.423. The fraction of sp³-hybridized carbons (Fsp3) is 0.500. The van der Waals surface area contributed by atoms with Crippen LogP contribution in [0.5, 0.6) is 11.5 Å². The maximum absolute atomic E-state index is 11.8. The minimum Gasteiger partial charge on any atom is -0.504 e. The Labute approximate surface area is 175 Å². The Morgan fingerprint density at radius 3 is 2.57 bits per heavy atom. The molecule has 0 aliphatic carbocycles. The minimum atomic E-state index is -2.37. The van der Waals surface area contributed by atoms with Crippen LogP contribution in [-0.4, -0.2) is 65.7 Å². The molecule has 1 saturated heterocycles. The molecule has 2 rings (SSSR count). The van der Waals surface area contributed by atoms with Gasteiger partial charge in [0.05, 0.1) is 0 Å². The number of aryl methyl sites for hydroxylation is 1. The number of amides is 3. The standard InChI is InChI=1S/C18H25N3O8S/c1-11-7-16(25)21(11)9-18(2,30(27)28)10-29-17(26)20-19-15(24)6-4-12-3-5-13(22)14(23)8-12/h3,5,8,11,22-23H,4,6-7,9-10H2,1-2H3,(H,19,24)(H,20,26)(H,27,28)/t11-,18-/m1/s1. The number of phenols is 2. The van der Waals surface area contributed by atoms with Crippen LogP contribution in [0.15, 0.2) is 18.2 Å². The zero-order valence-electron chi connectivity index (χ0n) is 16.6. The maximum Gasteiger partial charge on any atom is 0.426 e. The van der Waals surface area contributed by atoms with Gasteiger partial charge in [0.1, 0.15) is 11.4 Å². The molecule has 0 saturated carbocycles. The summed E-state index contributed by atoms with van der Waals surface area (Å²) in [6, 6.07) is 4.12. The molecule has 3 atom stereocenters. The van der Waals surface area contributed by atoms with E-state index in [0.717, 1.165) is 0 Å². The Morgan fingerprint density at radius 1 is 1.30 bits per heavy atom. The fourth-order valence-electron chi connectivity index (χ4n) is 2.79. The number of aromatic hydroxyl groups is 2. The topological polar surface area (TPSA) is 166 Å². The molecular formula is C18H25N3O8S. The van der Waals surface area contributed by atoms with Crippen molar-refractivity contribution in [2.45, 2.75) is 43.9 Å². The predicted octanol–water partition coefficient (Wildman–Crippen LogP) is 0.389. The van der Waals surface area contributed by atoms with Crippen molar-refractivity contribution in [2.75, 3.05) is 13.2 Å². The van der Waals surface area contributed by atoms with Crippen molar-refractivity contribution >= 4 is 29.0 Å². The van der Waals surface area contributed by atoms with Gasteiger partial charge in [-0.05, 0) is 38.0 Å². The monoisotopic (exact) mass is 443 g/mol. The summed E-state index contributed by atoms with van der Waals surface area (Å²) < 4.78 is 24.8. The molecule has 166 valence electrons. The third-order valence-electron chi connectivity index (χ3n) is 4.74. The van der Waals surface area contributed by atoms with E-state index in [2.05, 4.69) is 5.43 Å². The van der Waals surface area contributed by atoms with E-state index in [1.165, 1.54) is 24.0 Å². The second kappa shape index (κ2) is 9.76. The van der Waals surface area contributed by atoms with E-state index in [9.17, 15) is 33.4 Å². The van der Waals surface area contributed by atoms with Crippen molar-refractivity contribution in [3.63, 3.8) is 0 Å². The zero-order chi connectivity index (χ0) is 22.5. The molecule has 11 nitrogen and oxygen atoms in total. The number of likely N-dealkylation sites (tertiary alicyclic amines) is 1. The van der Waals surface area contributed by atoms with E-state index in [1.807, 2.05) is 12.3 Å². The zero-order valence-corrected chi connectivity index (χ0v) is 17.4. The second-order valence-corrected chi connectivity index (χ2v) is 8.83. The molecule has 1 aromatic rings. The summed E-state index contributed by atoms with van der Waals surface area (Å²) in [5, 5.41) is 18.7. The third kappa shape index (κ3) is 6.07. The lowest BCUT2D eigenvalue weighted by atomic mass is 10.0. The van der Waals surface area contributed by atoms with Gasteiger partial charge < -0.3 is 24.4 Å². The van der Waals surface area contributed by atoms with Gasteiger partial charge in [-0.2, -0.15) is 0 Å². The van der Waals surface area contributed by atoms with Crippen LogP contribution >= 0.6 is 0 Å². The number of nitrogens with one attached hydrogen (secondary N) is 2. The van der Waals surface area contributed by atoms with Crippen LogP contribution in [0.4, 0.5) is 4.79 Å². The Bertz CT molecular complexity index is 849. The summed E-state index contributed by atoms with van der Waals surface area (Å²) in [4.78, 5) is 36.7. The Balaban J connectivity index is 1.75. The van der Waals surface area contributed by atoms with Gasteiger partial charge in [-0.25, -0.2) is 14.4 Å². The van der Waals surface area contributed by atoms with Gasteiger partial charge in [0.25, 0.3) is 0 Å². The van der Waals surface area contributed by atoms with Gasteiger partial charge >= 0.3 is 6.09 Å². The normalized spacial score (nSPS) is 18.7. The number of ether oxygens (including phenoxy) is 1. The molecule has 0 aromatic heterocycles. The van der Waals surface area contributed by atoms with Crippen LogP contribution < -0.4 is 10.9 Å². The smallest absolute Gasteiger partial charge is 0.426 e. The quantitative estimate of drug-likeness (QED) is 0.167.